The highest BCUT2D eigenvalue weighted by Gasteiger charge is 2.28. The van der Waals surface area contributed by atoms with Crippen molar-refractivity contribution in [3.8, 4) is 0 Å². The molecular formula is C9H19NO. The van der Waals surface area contributed by atoms with Crippen LogP contribution in [0.5, 0.6) is 0 Å². The van der Waals surface area contributed by atoms with E-state index in [4.69, 9.17) is 10.5 Å². The number of hydrogen-bond acceptors (Lipinski definition) is 2. The molecule has 2 nitrogen and oxygen atoms in total. The molecule has 0 spiro atoms. The Kier molecular flexibility index (Phi) is 2.90. The summed E-state index contributed by atoms with van der Waals surface area (Å²) in [4.78, 5) is 0. The molecule has 11 heavy (non-hydrogen) atoms. The van der Waals surface area contributed by atoms with Gasteiger partial charge in [-0.3, -0.25) is 0 Å². The molecule has 0 radical (unpaired) electrons. The smallest absolute Gasteiger partial charge is 0.0646 e. The summed E-state index contributed by atoms with van der Waals surface area (Å²) in [6, 6.07) is 0. The van der Waals surface area contributed by atoms with Crippen LogP contribution in [0.3, 0.4) is 0 Å². The van der Waals surface area contributed by atoms with E-state index in [1.807, 2.05) is 0 Å². The summed E-state index contributed by atoms with van der Waals surface area (Å²) < 4.78 is 5.36. The van der Waals surface area contributed by atoms with E-state index in [-0.39, 0.29) is 5.54 Å². The highest BCUT2D eigenvalue weighted by Crippen LogP contribution is 2.23. The van der Waals surface area contributed by atoms with Gasteiger partial charge in [0.05, 0.1) is 6.61 Å². The first-order chi connectivity index (χ1) is 5.12. The normalized spacial score (nSPS) is 32.7. The molecule has 0 aliphatic carbocycles. The number of nitrogens with two attached hydrogens (primary N) is 1. The average Bonchev–Trinajstić information content (AvgIpc) is 1.85. The monoisotopic (exact) mass is 157 g/mol. The van der Waals surface area contributed by atoms with Crippen LogP contribution in [0, 0.1) is 5.92 Å². The Morgan fingerprint density at radius 1 is 1.55 bits per heavy atom. The van der Waals surface area contributed by atoms with E-state index in [2.05, 4.69) is 13.8 Å². The van der Waals surface area contributed by atoms with Gasteiger partial charge in [-0.1, -0.05) is 13.8 Å². The van der Waals surface area contributed by atoms with Crippen LogP contribution in [-0.4, -0.2) is 18.8 Å². The number of rotatable bonds is 2. The quantitative estimate of drug-likeness (QED) is 0.660. The Morgan fingerprint density at radius 2 is 2.27 bits per heavy atom. The molecule has 1 unspecified atom stereocenters. The summed E-state index contributed by atoms with van der Waals surface area (Å²) in [5, 5.41) is 0. The standard InChI is InChI=1S/C9H19NO/c1-8(2)6-9(10)4-3-5-11-7-9/h8H,3-7,10H2,1-2H3. The highest BCUT2D eigenvalue weighted by atomic mass is 16.5. The zero-order valence-electron chi connectivity index (χ0n) is 7.60. The fourth-order valence-corrected chi connectivity index (χ4v) is 1.85. The Balaban J connectivity index is 2.37. The van der Waals surface area contributed by atoms with Gasteiger partial charge in [0, 0.05) is 12.1 Å². The Bertz CT molecular complexity index is 117. The number of hydrogen-bond donors (Lipinski definition) is 1. The van der Waals surface area contributed by atoms with Crippen LogP contribution in [-0.2, 0) is 4.74 Å². The third-order valence-electron chi connectivity index (χ3n) is 2.17. The fourth-order valence-electron chi connectivity index (χ4n) is 1.85. The van der Waals surface area contributed by atoms with Gasteiger partial charge >= 0.3 is 0 Å². The van der Waals surface area contributed by atoms with Crippen molar-refractivity contribution in [2.75, 3.05) is 13.2 Å². The van der Waals surface area contributed by atoms with Crippen molar-refractivity contribution in [1.82, 2.24) is 0 Å². The molecule has 1 heterocycles. The van der Waals surface area contributed by atoms with Crippen molar-refractivity contribution in [2.24, 2.45) is 11.7 Å². The number of ether oxygens (including phenoxy) is 1. The predicted molar refractivity (Wildman–Crippen MR) is 46.4 cm³/mol. The molecule has 0 amide bonds. The van der Waals surface area contributed by atoms with E-state index in [0.29, 0.717) is 5.92 Å². The molecule has 1 rings (SSSR count). The van der Waals surface area contributed by atoms with Gasteiger partial charge in [-0.2, -0.15) is 0 Å². The lowest BCUT2D eigenvalue weighted by Gasteiger charge is -2.34. The molecule has 1 atom stereocenters. The maximum absolute atomic E-state index is 6.14. The lowest BCUT2D eigenvalue weighted by Crippen LogP contribution is -2.48. The van der Waals surface area contributed by atoms with E-state index in [9.17, 15) is 0 Å². The summed E-state index contributed by atoms with van der Waals surface area (Å²) >= 11 is 0. The fraction of sp³-hybridized carbons (Fsp3) is 1.00. The third-order valence-corrected chi connectivity index (χ3v) is 2.17. The van der Waals surface area contributed by atoms with Gasteiger partial charge in [0.25, 0.3) is 0 Å². The molecule has 1 aliphatic heterocycles. The summed E-state index contributed by atoms with van der Waals surface area (Å²) in [6.07, 6.45) is 3.35. The van der Waals surface area contributed by atoms with E-state index in [0.717, 1.165) is 32.5 Å². The molecule has 0 aromatic heterocycles. The SMILES string of the molecule is CC(C)CC1(N)CCCOC1. The van der Waals surface area contributed by atoms with Crippen molar-refractivity contribution < 1.29 is 4.74 Å². The summed E-state index contributed by atoms with van der Waals surface area (Å²) in [6.45, 7) is 6.08. The zero-order valence-corrected chi connectivity index (χ0v) is 7.60. The van der Waals surface area contributed by atoms with Crippen molar-refractivity contribution in [3.63, 3.8) is 0 Å². The third kappa shape index (κ3) is 2.80. The van der Waals surface area contributed by atoms with Crippen LogP contribution in [0.2, 0.25) is 0 Å². The average molecular weight is 157 g/mol. The minimum Gasteiger partial charge on any atom is -0.380 e. The molecular weight excluding hydrogens is 138 g/mol. The Hall–Kier alpha value is -0.0800. The lowest BCUT2D eigenvalue weighted by molar-refractivity contribution is 0.0293. The second kappa shape index (κ2) is 3.55. The van der Waals surface area contributed by atoms with E-state index < -0.39 is 0 Å². The summed E-state index contributed by atoms with van der Waals surface area (Å²) in [5.41, 5.74) is 6.11. The first kappa shape index (κ1) is 9.01. The molecule has 0 bridgehead atoms. The van der Waals surface area contributed by atoms with Crippen LogP contribution >= 0.6 is 0 Å². The van der Waals surface area contributed by atoms with E-state index >= 15 is 0 Å². The van der Waals surface area contributed by atoms with Crippen LogP contribution in [0.15, 0.2) is 0 Å². The van der Waals surface area contributed by atoms with Gasteiger partial charge in [0.15, 0.2) is 0 Å². The van der Waals surface area contributed by atoms with E-state index in [1.54, 1.807) is 0 Å². The first-order valence-corrected chi connectivity index (χ1v) is 4.49. The van der Waals surface area contributed by atoms with E-state index in [1.165, 1.54) is 0 Å². The van der Waals surface area contributed by atoms with Crippen LogP contribution in [0.25, 0.3) is 0 Å². The van der Waals surface area contributed by atoms with Gasteiger partial charge in [-0.15, -0.1) is 0 Å². The van der Waals surface area contributed by atoms with Crippen LogP contribution in [0.1, 0.15) is 33.1 Å². The van der Waals surface area contributed by atoms with Crippen molar-refractivity contribution >= 4 is 0 Å². The Morgan fingerprint density at radius 3 is 2.73 bits per heavy atom. The minimum atomic E-state index is -0.0214. The second-order valence-corrected chi connectivity index (χ2v) is 4.12. The molecule has 0 aromatic carbocycles. The largest absolute Gasteiger partial charge is 0.380 e. The van der Waals surface area contributed by atoms with Gasteiger partial charge in [-0.05, 0) is 25.2 Å². The lowest BCUT2D eigenvalue weighted by atomic mass is 9.85. The molecule has 2 N–H and O–H groups in total. The van der Waals surface area contributed by atoms with Gasteiger partial charge in [0.2, 0.25) is 0 Å². The van der Waals surface area contributed by atoms with Gasteiger partial charge < -0.3 is 10.5 Å². The first-order valence-electron chi connectivity index (χ1n) is 4.49. The molecule has 0 saturated carbocycles. The molecule has 1 aliphatic rings. The Labute approximate surface area is 69.1 Å². The maximum Gasteiger partial charge on any atom is 0.0646 e. The second-order valence-electron chi connectivity index (χ2n) is 4.12. The molecule has 2 heteroatoms. The predicted octanol–water partition coefficient (Wildman–Crippen LogP) is 1.54. The molecule has 0 aromatic rings. The van der Waals surface area contributed by atoms with Gasteiger partial charge in [-0.25, -0.2) is 0 Å². The topological polar surface area (TPSA) is 35.2 Å². The summed E-state index contributed by atoms with van der Waals surface area (Å²) in [5.74, 6) is 0.682. The highest BCUT2D eigenvalue weighted by molar-refractivity contribution is 4.86. The van der Waals surface area contributed by atoms with Crippen molar-refractivity contribution in [1.29, 1.82) is 0 Å². The van der Waals surface area contributed by atoms with Crippen LogP contribution < -0.4 is 5.73 Å². The minimum absolute atomic E-state index is 0.0214. The molecule has 66 valence electrons. The van der Waals surface area contributed by atoms with Crippen molar-refractivity contribution in [3.05, 3.63) is 0 Å². The van der Waals surface area contributed by atoms with Crippen molar-refractivity contribution in [2.45, 2.75) is 38.6 Å². The molecule has 1 saturated heterocycles. The maximum atomic E-state index is 6.14. The summed E-state index contributed by atoms with van der Waals surface area (Å²) in [7, 11) is 0. The molecule has 1 fully saturated rings. The van der Waals surface area contributed by atoms with Crippen LogP contribution in [0.4, 0.5) is 0 Å². The zero-order chi connectivity index (χ0) is 8.32. The van der Waals surface area contributed by atoms with Gasteiger partial charge in [0.1, 0.15) is 0 Å².